The zero-order chi connectivity index (χ0) is 27.5. The number of Topliss-reactive ketones (excluding diaryl/α,β-unsaturated/α-hetero) is 1. The van der Waals surface area contributed by atoms with Crippen LogP contribution in [0.3, 0.4) is 0 Å². The number of benzene rings is 4. The molecule has 1 aliphatic rings. The fraction of sp³-hybridized carbons (Fsp3) is 0.152. The summed E-state index contributed by atoms with van der Waals surface area (Å²) < 4.78 is 5.98. The first kappa shape index (κ1) is 25.8. The van der Waals surface area contributed by atoms with Crippen LogP contribution >= 0.6 is 0 Å². The molecule has 0 saturated carbocycles. The van der Waals surface area contributed by atoms with E-state index in [1.54, 1.807) is 18.2 Å². The summed E-state index contributed by atoms with van der Waals surface area (Å²) in [6.07, 6.45) is 0. The summed E-state index contributed by atoms with van der Waals surface area (Å²) in [6.45, 7) is 2.30. The molecule has 1 atom stereocenters. The number of hydrogen-bond donors (Lipinski definition) is 1. The molecule has 1 N–H and O–H groups in total. The van der Waals surface area contributed by atoms with Crippen molar-refractivity contribution in [2.75, 3.05) is 23.9 Å². The molecule has 4 aromatic rings. The van der Waals surface area contributed by atoms with Crippen LogP contribution in [-0.4, -0.2) is 30.9 Å². The van der Waals surface area contributed by atoms with Crippen LogP contribution in [0.2, 0.25) is 0 Å². The van der Waals surface area contributed by atoms with Gasteiger partial charge in [-0.15, -0.1) is 0 Å². The number of ketones is 1. The van der Waals surface area contributed by atoms with Gasteiger partial charge in [-0.3, -0.25) is 14.5 Å². The number of aryl methyl sites for hydroxylation is 1. The molecule has 6 nitrogen and oxygen atoms in total. The second-order valence-electron chi connectivity index (χ2n) is 9.75. The first-order valence-electron chi connectivity index (χ1n) is 12.8. The topological polar surface area (TPSA) is 70.1 Å². The van der Waals surface area contributed by atoms with Crippen molar-refractivity contribution in [2.45, 2.75) is 19.6 Å². The second kappa shape index (κ2) is 10.9. The molecular weight excluding hydrogens is 488 g/mol. The highest BCUT2D eigenvalue weighted by Crippen LogP contribution is 2.42. The van der Waals surface area contributed by atoms with E-state index in [1.165, 1.54) is 4.90 Å². The molecule has 0 spiro atoms. The molecule has 4 aromatic carbocycles. The third-order valence-electron chi connectivity index (χ3n) is 6.89. The number of ether oxygens (including phenoxy) is 1. The first-order valence-corrected chi connectivity index (χ1v) is 12.8. The highest BCUT2D eigenvalue weighted by atomic mass is 16.5. The molecule has 0 aromatic heterocycles. The minimum Gasteiger partial charge on any atom is -0.507 e. The van der Waals surface area contributed by atoms with Crippen molar-refractivity contribution in [3.63, 3.8) is 0 Å². The predicted octanol–water partition coefficient (Wildman–Crippen LogP) is 6.27. The Morgan fingerprint density at radius 3 is 2.13 bits per heavy atom. The summed E-state index contributed by atoms with van der Waals surface area (Å²) in [5.74, 6) is -0.939. The molecule has 5 rings (SSSR count). The average molecular weight is 519 g/mol. The van der Waals surface area contributed by atoms with Gasteiger partial charge >= 0.3 is 0 Å². The molecule has 39 heavy (non-hydrogen) atoms. The molecule has 6 heteroatoms. The number of hydrogen-bond acceptors (Lipinski definition) is 5. The van der Waals surface area contributed by atoms with Crippen molar-refractivity contribution in [3.8, 4) is 5.75 Å². The molecule has 0 radical (unpaired) electrons. The van der Waals surface area contributed by atoms with Crippen molar-refractivity contribution >= 4 is 28.8 Å². The lowest BCUT2D eigenvalue weighted by Gasteiger charge is -2.26. The maximum absolute atomic E-state index is 13.4. The van der Waals surface area contributed by atoms with Gasteiger partial charge in [0.25, 0.3) is 11.7 Å². The van der Waals surface area contributed by atoms with Crippen LogP contribution in [0.4, 0.5) is 11.4 Å². The molecule has 1 amide bonds. The lowest BCUT2D eigenvalue weighted by molar-refractivity contribution is -0.132. The van der Waals surface area contributed by atoms with E-state index in [2.05, 4.69) is 0 Å². The lowest BCUT2D eigenvalue weighted by atomic mass is 9.94. The van der Waals surface area contributed by atoms with E-state index in [4.69, 9.17) is 4.74 Å². The molecule has 1 saturated heterocycles. The highest BCUT2D eigenvalue weighted by Gasteiger charge is 2.46. The fourth-order valence-corrected chi connectivity index (χ4v) is 4.81. The summed E-state index contributed by atoms with van der Waals surface area (Å²) in [5, 5.41) is 11.5. The Morgan fingerprint density at radius 2 is 1.51 bits per heavy atom. The van der Waals surface area contributed by atoms with Crippen molar-refractivity contribution in [2.24, 2.45) is 0 Å². The quantitative estimate of drug-likeness (QED) is 0.178. The minimum absolute atomic E-state index is 0.0558. The van der Waals surface area contributed by atoms with Crippen LogP contribution in [-0.2, 0) is 16.2 Å². The van der Waals surface area contributed by atoms with Crippen molar-refractivity contribution in [1.82, 2.24) is 0 Å². The van der Waals surface area contributed by atoms with Crippen LogP contribution in [0.1, 0.15) is 28.3 Å². The maximum Gasteiger partial charge on any atom is 0.300 e. The van der Waals surface area contributed by atoms with Crippen molar-refractivity contribution in [3.05, 3.63) is 131 Å². The summed E-state index contributed by atoms with van der Waals surface area (Å²) in [7, 11) is 3.87. The summed E-state index contributed by atoms with van der Waals surface area (Å²) in [6, 6.07) is 31.1. The SMILES string of the molecule is Cc1cc(/C(O)=C2/C(=O)C(=O)N(c3ccc(N(C)C)cc3)C2c2ccccc2)ccc1OCc1ccccc1. The van der Waals surface area contributed by atoms with Gasteiger partial charge in [-0.25, -0.2) is 0 Å². The molecule has 196 valence electrons. The zero-order valence-electron chi connectivity index (χ0n) is 22.2. The van der Waals surface area contributed by atoms with Crippen LogP contribution in [0.15, 0.2) is 109 Å². The molecule has 1 fully saturated rings. The number of aliphatic hydroxyl groups excluding tert-OH is 1. The van der Waals surface area contributed by atoms with Crippen LogP contribution in [0.25, 0.3) is 5.76 Å². The van der Waals surface area contributed by atoms with Crippen LogP contribution in [0.5, 0.6) is 5.75 Å². The van der Waals surface area contributed by atoms with Gasteiger partial charge in [0.15, 0.2) is 0 Å². The average Bonchev–Trinajstić information content (AvgIpc) is 3.23. The smallest absolute Gasteiger partial charge is 0.300 e. The summed E-state index contributed by atoms with van der Waals surface area (Å²) >= 11 is 0. The Morgan fingerprint density at radius 1 is 0.872 bits per heavy atom. The van der Waals surface area contributed by atoms with Crippen LogP contribution in [0, 0.1) is 6.92 Å². The van der Waals surface area contributed by atoms with Gasteiger partial charge in [-0.2, -0.15) is 0 Å². The molecule has 1 aliphatic heterocycles. The monoisotopic (exact) mass is 518 g/mol. The lowest BCUT2D eigenvalue weighted by Crippen LogP contribution is -2.29. The van der Waals surface area contributed by atoms with Gasteiger partial charge in [0.2, 0.25) is 0 Å². The Balaban J connectivity index is 1.53. The Hall–Kier alpha value is -4.84. The van der Waals surface area contributed by atoms with Gasteiger partial charge in [-0.05, 0) is 66.1 Å². The number of rotatable bonds is 7. The summed E-state index contributed by atoms with van der Waals surface area (Å²) in [4.78, 5) is 30.3. The third kappa shape index (κ3) is 5.14. The Kier molecular flexibility index (Phi) is 7.19. The van der Waals surface area contributed by atoms with Gasteiger partial charge in [-0.1, -0.05) is 60.7 Å². The highest BCUT2D eigenvalue weighted by molar-refractivity contribution is 6.51. The maximum atomic E-state index is 13.4. The van der Waals surface area contributed by atoms with E-state index in [0.29, 0.717) is 23.6 Å². The number of anilines is 2. The van der Waals surface area contributed by atoms with Gasteiger partial charge in [0, 0.05) is 31.0 Å². The van der Waals surface area contributed by atoms with E-state index in [0.717, 1.165) is 22.4 Å². The zero-order valence-corrected chi connectivity index (χ0v) is 22.2. The standard InChI is InChI=1S/C33H30N2O4/c1-22-20-25(14-19-28(22)39-21-23-10-6-4-7-11-23)31(36)29-30(24-12-8-5-9-13-24)35(33(38)32(29)37)27-17-15-26(16-18-27)34(2)3/h4-20,30,36H,21H2,1-3H3/b31-29-. The van der Waals surface area contributed by atoms with Crippen LogP contribution < -0.4 is 14.5 Å². The normalized spacial score (nSPS) is 16.4. The van der Waals surface area contributed by atoms with Gasteiger partial charge in [0.1, 0.15) is 18.1 Å². The van der Waals surface area contributed by atoms with Crippen molar-refractivity contribution in [1.29, 1.82) is 0 Å². The predicted molar refractivity (Wildman–Crippen MR) is 154 cm³/mol. The molecular formula is C33H30N2O4. The number of amides is 1. The Labute approximate surface area is 228 Å². The number of aliphatic hydroxyl groups is 1. The van der Waals surface area contributed by atoms with Gasteiger partial charge in [0.05, 0.1) is 11.6 Å². The second-order valence-corrected chi connectivity index (χ2v) is 9.75. The Bertz CT molecular complexity index is 1530. The van der Waals surface area contributed by atoms with E-state index >= 15 is 0 Å². The van der Waals surface area contributed by atoms with Crippen molar-refractivity contribution < 1.29 is 19.4 Å². The summed E-state index contributed by atoms with van der Waals surface area (Å²) in [5.41, 5.74) is 4.63. The first-order chi connectivity index (χ1) is 18.8. The number of nitrogens with zero attached hydrogens (tertiary/aromatic N) is 2. The van der Waals surface area contributed by atoms with E-state index in [1.807, 2.05) is 111 Å². The molecule has 1 unspecified atom stereocenters. The largest absolute Gasteiger partial charge is 0.507 e. The van der Waals surface area contributed by atoms with E-state index in [-0.39, 0.29) is 11.3 Å². The fourth-order valence-electron chi connectivity index (χ4n) is 4.81. The van der Waals surface area contributed by atoms with E-state index in [9.17, 15) is 14.7 Å². The third-order valence-corrected chi connectivity index (χ3v) is 6.89. The molecule has 0 bridgehead atoms. The van der Waals surface area contributed by atoms with Gasteiger partial charge < -0.3 is 14.7 Å². The van der Waals surface area contributed by atoms with E-state index < -0.39 is 17.7 Å². The molecule has 0 aliphatic carbocycles. The molecule has 1 heterocycles. The number of carbonyl (C=O) groups excluding carboxylic acids is 2. The number of carbonyl (C=O) groups is 2. The minimum atomic E-state index is -0.772.